The van der Waals surface area contributed by atoms with Crippen molar-refractivity contribution in [2.45, 2.75) is 20.8 Å². The molecular weight excluding hydrogens is 338 g/mol. The zero-order valence-electron chi connectivity index (χ0n) is 11.6. The molecule has 0 atom stereocenters. The summed E-state index contributed by atoms with van der Waals surface area (Å²) in [6, 6.07) is 9.40. The number of hydrogen-bond acceptors (Lipinski definition) is 1. The predicted molar refractivity (Wildman–Crippen MR) is 87.8 cm³/mol. The van der Waals surface area contributed by atoms with Gasteiger partial charge in [-0.1, -0.05) is 29.3 Å². The molecule has 0 spiro atoms. The highest BCUT2D eigenvalue weighted by Gasteiger charge is 2.12. The summed E-state index contributed by atoms with van der Waals surface area (Å²) in [6.07, 6.45) is 0. The van der Waals surface area contributed by atoms with Gasteiger partial charge in [0.1, 0.15) is 0 Å². The molecular formula is C16H15BrClNO. The molecule has 0 aliphatic carbocycles. The summed E-state index contributed by atoms with van der Waals surface area (Å²) in [5, 5.41) is 3.51. The Morgan fingerprint density at radius 3 is 2.45 bits per heavy atom. The summed E-state index contributed by atoms with van der Waals surface area (Å²) >= 11 is 9.53. The Kier molecular flexibility index (Phi) is 4.51. The first-order chi connectivity index (χ1) is 9.38. The van der Waals surface area contributed by atoms with Gasteiger partial charge in [0.15, 0.2) is 0 Å². The fraction of sp³-hybridized carbons (Fsp3) is 0.188. The molecule has 20 heavy (non-hydrogen) atoms. The second kappa shape index (κ2) is 5.98. The van der Waals surface area contributed by atoms with Crippen molar-refractivity contribution in [2.24, 2.45) is 0 Å². The Morgan fingerprint density at radius 2 is 1.80 bits per heavy atom. The largest absolute Gasteiger partial charge is 0.321 e. The van der Waals surface area contributed by atoms with Crippen LogP contribution in [0.3, 0.4) is 0 Å². The van der Waals surface area contributed by atoms with E-state index in [1.807, 2.05) is 45.0 Å². The molecule has 1 N–H and O–H groups in total. The number of anilines is 1. The van der Waals surface area contributed by atoms with Crippen LogP contribution in [-0.4, -0.2) is 5.91 Å². The van der Waals surface area contributed by atoms with E-state index >= 15 is 0 Å². The number of nitrogens with one attached hydrogen (secondary N) is 1. The molecule has 0 heterocycles. The zero-order chi connectivity index (χ0) is 14.9. The van der Waals surface area contributed by atoms with E-state index in [9.17, 15) is 4.79 Å². The lowest BCUT2D eigenvalue weighted by atomic mass is 10.1. The lowest BCUT2D eigenvalue weighted by Gasteiger charge is -2.11. The third-order valence-corrected chi connectivity index (χ3v) is 4.19. The van der Waals surface area contributed by atoms with E-state index in [0.717, 1.165) is 21.2 Å². The second-order valence-electron chi connectivity index (χ2n) is 4.85. The van der Waals surface area contributed by atoms with E-state index < -0.39 is 0 Å². The average Bonchev–Trinajstić information content (AvgIpc) is 2.35. The van der Waals surface area contributed by atoms with Crippen LogP contribution in [0.25, 0.3) is 0 Å². The third-order valence-electron chi connectivity index (χ3n) is 3.12. The van der Waals surface area contributed by atoms with Gasteiger partial charge in [-0.05, 0) is 66.0 Å². The number of amides is 1. The van der Waals surface area contributed by atoms with Crippen LogP contribution in [0.1, 0.15) is 27.0 Å². The van der Waals surface area contributed by atoms with Crippen LogP contribution >= 0.6 is 27.5 Å². The van der Waals surface area contributed by atoms with Gasteiger partial charge in [0.05, 0.1) is 5.69 Å². The molecule has 104 valence electrons. The van der Waals surface area contributed by atoms with Crippen molar-refractivity contribution in [1.82, 2.24) is 0 Å². The average molecular weight is 353 g/mol. The molecule has 2 aromatic rings. The van der Waals surface area contributed by atoms with Crippen molar-refractivity contribution in [2.75, 3.05) is 5.32 Å². The van der Waals surface area contributed by atoms with Gasteiger partial charge in [-0.3, -0.25) is 4.79 Å². The van der Waals surface area contributed by atoms with Crippen LogP contribution in [0, 0.1) is 20.8 Å². The van der Waals surface area contributed by atoms with Gasteiger partial charge in [-0.15, -0.1) is 0 Å². The van der Waals surface area contributed by atoms with Gasteiger partial charge < -0.3 is 5.32 Å². The van der Waals surface area contributed by atoms with Gasteiger partial charge in [-0.25, -0.2) is 0 Å². The quantitative estimate of drug-likeness (QED) is 0.782. The zero-order valence-corrected chi connectivity index (χ0v) is 13.9. The third kappa shape index (κ3) is 3.22. The molecule has 0 aromatic heterocycles. The predicted octanol–water partition coefficient (Wildman–Crippen LogP) is 5.28. The molecule has 2 rings (SSSR count). The number of halogens is 2. The van der Waals surface area contributed by atoms with Crippen LogP contribution in [0.5, 0.6) is 0 Å². The first kappa shape index (κ1) is 15.1. The normalized spacial score (nSPS) is 10.4. The first-order valence-electron chi connectivity index (χ1n) is 6.22. The van der Waals surface area contributed by atoms with Crippen molar-refractivity contribution in [3.8, 4) is 0 Å². The summed E-state index contributed by atoms with van der Waals surface area (Å²) in [5.41, 5.74) is 4.39. The maximum atomic E-state index is 12.3. The van der Waals surface area contributed by atoms with Gasteiger partial charge in [0, 0.05) is 15.1 Å². The lowest BCUT2D eigenvalue weighted by Crippen LogP contribution is -2.14. The molecule has 0 fully saturated rings. The Hall–Kier alpha value is -1.32. The van der Waals surface area contributed by atoms with Crippen LogP contribution in [-0.2, 0) is 0 Å². The van der Waals surface area contributed by atoms with E-state index in [-0.39, 0.29) is 5.91 Å². The molecule has 0 unspecified atom stereocenters. The minimum atomic E-state index is -0.136. The van der Waals surface area contributed by atoms with Gasteiger partial charge >= 0.3 is 0 Å². The number of hydrogen-bond donors (Lipinski definition) is 1. The Morgan fingerprint density at radius 1 is 1.10 bits per heavy atom. The molecule has 0 radical (unpaired) electrons. The maximum Gasteiger partial charge on any atom is 0.255 e. The smallest absolute Gasteiger partial charge is 0.255 e. The van der Waals surface area contributed by atoms with E-state index in [4.69, 9.17) is 11.6 Å². The highest BCUT2D eigenvalue weighted by molar-refractivity contribution is 9.10. The number of benzene rings is 2. The molecule has 0 saturated carbocycles. The molecule has 0 saturated heterocycles. The molecule has 0 aliphatic heterocycles. The molecule has 0 aliphatic rings. The SMILES string of the molecule is Cc1ccc(C(=O)Nc2cc(Cl)c(C)cc2Br)c(C)c1. The summed E-state index contributed by atoms with van der Waals surface area (Å²) < 4.78 is 0.817. The minimum absolute atomic E-state index is 0.136. The second-order valence-corrected chi connectivity index (χ2v) is 6.12. The van der Waals surface area contributed by atoms with Crippen LogP contribution in [0.2, 0.25) is 5.02 Å². The van der Waals surface area contributed by atoms with Crippen LogP contribution < -0.4 is 5.32 Å². The molecule has 0 bridgehead atoms. The van der Waals surface area contributed by atoms with Crippen LogP contribution in [0.4, 0.5) is 5.69 Å². The maximum absolute atomic E-state index is 12.3. The fourth-order valence-corrected chi connectivity index (χ4v) is 2.72. The fourth-order valence-electron chi connectivity index (χ4n) is 2.00. The summed E-state index contributed by atoms with van der Waals surface area (Å²) in [5.74, 6) is -0.136. The van der Waals surface area contributed by atoms with Crippen molar-refractivity contribution in [1.29, 1.82) is 0 Å². The van der Waals surface area contributed by atoms with Gasteiger partial charge in [0.2, 0.25) is 0 Å². The van der Waals surface area contributed by atoms with Crippen LogP contribution in [0.15, 0.2) is 34.8 Å². The molecule has 4 heteroatoms. The summed E-state index contributed by atoms with van der Waals surface area (Å²) in [4.78, 5) is 12.3. The monoisotopic (exact) mass is 351 g/mol. The highest BCUT2D eigenvalue weighted by Crippen LogP contribution is 2.29. The number of rotatable bonds is 2. The van der Waals surface area contributed by atoms with Crippen molar-refractivity contribution < 1.29 is 4.79 Å². The molecule has 2 nitrogen and oxygen atoms in total. The van der Waals surface area contributed by atoms with Gasteiger partial charge in [0.25, 0.3) is 5.91 Å². The molecule has 2 aromatic carbocycles. The highest BCUT2D eigenvalue weighted by atomic mass is 79.9. The standard InChI is InChI=1S/C16H15BrClNO/c1-9-4-5-12(10(2)6-9)16(20)19-15-8-14(18)11(3)7-13(15)17/h4-8H,1-3H3,(H,19,20). The number of carbonyl (C=O) groups excluding carboxylic acids is 1. The van der Waals surface area contributed by atoms with Gasteiger partial charge in [-0.2, -0.15) is 0 Å². The molecule has 1 amide bonds. The van der Waals surface area contributed by atoms with E-state index in [2.05, 4.69) is 21.2 Å². The number of aryl methyl sites for hydroxylation is 3. The Labute approximate surface area is 132 Å². The number of carbonyl (C=O) groups is 1. The minimum Gasteiger partial charge on any atom is -0.321 e. The van der Waals surface area contributed by atoms with Crippen molar-refractivity contribution in [3.05, 3.63) is 62.1 Å². The Balaban J connectivity index is 2.30. The topological polar surface area (TPSA) is 29.1 Å². The van der Waals surface area contributed by atoms with E-state index in [1.54, 1.807) is 6.07 Å². The van der Waals surface area contributed by atoms with Crippen molar-refractivity contribution in [3.63, 3.8) is 0 Å². The first-order valence-corrected chi connectivity index (χ1v) is 7.40. The Bertz CT molecular complexity index is 682. The summed E-state index contributed by atoms with van der Waals surface area (Å²) in [6.45, 7) is 5.85. The van der Waals surface area contributed by atoms with E-state index in [0.29, 0.717) is 16.3 Å². The summed E-state index contributed by atoms with van der Waals surface area (Å²) in [7, 11) is 0. The lowest BCUT2D eigenvalue weighted by molar-refractivity contribution is 0.102. The van der Waals surface area contributed by atoms with E-state index in [1.165, 1.54) is 0 Å². The van der Waals surface area contributed by atoms with Crippen molar-refractivity contribution >= 4 is 39.1 Å².